The number of hydrogen-bond acceptors (Lipinski definition) is 2. The number of nitrogens with one attached hydrogen (secondary N) is 1. The standard InChI is InChI=1S/C11H16N2/c1-4-5-13-11(8-12)6-10(7-11)9(2)3/h1,9-10,13H,5-7H2,2-3H3. The third-order valence-corrected chi connectivity index (χ3v) is 2.91. The van der Waals surface area contributed by atoms with Crippen LogP contribution in [0.4, 0.5) is 0 Å². The van der Waals surface area contributed by atoms with Crippen molar-refractivity contribution in [1.29, 1.82) is 5.26 Å². The van der Waals surface area contributed by atoms with Gasteiger partial charge in [0.15, 0.2) is 0 Å². The van der Waals surface area contributed by atoms with Crippen LogP contribution >= 0.6 is 0 Å². The van der Waals surface area contributed by atoms with Crippen molar-refractivity contribution in [3.63, 3.8) is 0 Å². The van der Waals surface area contributed by atoms with Crippen molar-refractivity contribution < 1.29 is 0 Å². The summed E-state index contributed by atoms with van der Waals surface area (Å²) in [6, 6.07) is 2.33. The van der Waals surface area contributed by atoms with E-state index in [9.17, 15) is 0 Å². The molecular formula is C11H16N2. The Hall–Kier alpha value is -0.990. The fraction of sp³-hybridized carbons (Fsp3) is 0.727. The van der Waals surface area contributed by atoms with Crippen molar-refractivity contribution in [2.75, 3.05) is 6.54 Å². The van der Waals surface area contributed by atoms with Crippen LogP contribution < -0.4 is 5.32 Å². The summed E-state index contributed by atoms with van der Waals surface area (Å²) in [5.74, 6) is 3.87. The largest absolute Gasteiger partial charge is 0.288 e. The van der Waals surface area contributed by atoms with E-state index >= 15 is 0 Å². The second-order valence-corrected chi connectivity index (χ2v) is 4.16. The second kappa shape index (κ2) is 3.81. The number of nitrogens with zero attached hydrogens (tertiary/aromatic N) is 1. The van der Waals surface area contributed by atoms with Crippen LogP contribution in [0.2, 0.25) is 0 Å². The summed E-state index contributed by atoms with van der Waals surface area (Å²) in [6.07, 6.45) is 7.04. The van der Waals surface area contributed by atoms with E-state index in [1.807, 2.05) is 0 Å². The summed E-state index contributed by atoms with van der Waals surface area (Å²) in [7, 11) is 0. The van der Waals surface area contributed by atoms with Crippen LogP contribution in [0.1, 0.15) is 26.7 Å². The molecule has 1 fully saturated rings. The van der Waals surface area contributed by atoms with E-state index in [-0.39, 0.29) is 5.54 Å². The van der Waals surface area contributed by atoms with Crippen molar-refractivity contribution in [1.82, 2.24) is 5.32 Å². The second-order valence-electron chi connectivity index (χ2n) is 4.16. The zero-order chi connectivity index (χ0) is 9.90. The zero-order valence-corrected chi connectivity index (χ0v) is 8.30. The molecular weight excluding hydrogens is 160 g/mol. The van der Waals surface area contributed by atoms with Crippen molar-refractivity contribution in [3.8, 4) is 18.4 Å². The number of terminal acetylenes is 1. The summed E-state index contributed by atoms with van der Waals surface area (Å²) in [5.41, 5.74) is -0.318. The maximum atomic E-state index is 8.98. The van der Waals surface area contributed by atoms with Gasteiger partial charge in [0.1, 0.15) is 5.54 Å². The van der Waals surface area contributed by atoms with E-state index in [1.54, 1.807) is 0 Å². The van der Waals surface area contributed by atoms with E-state index in [4.69, 9.17) is 11.7 Å². The molecule has 0 atom stereocenters. The predicted octanol–water partition coefficient (Wildman–Crippen LogP) is 1.54. The molecule has 1 saturated carbocycles. The van der Waals surface area contributed by atoms with E-state index in [0.717, 1.165) is 12.8 Å². The molecule has 0 aromatic carbocycles. The molecule has 0 heterocycles. The molecule has 1 N–H and O–H groups in total. The third kappa shape index (κ3) is 2.02. The van der Waals surface area contributed by atoms with E-state index in [2.05, 4.69) is 31.2 Å². The van der Waals surface area contributed by atoms with E-state index in [0.29, 0.717) is 18.4 Å². The maximum absolute atomic E-state index is 8.98. The topological polar surface area (TPSA) is 35.8 Å². The average molecular weight is 176 g/mol. The monoisotopic (exact) mass is 176 g/mol. The first-order valence-corrected chi connectivity index (χ1v) is 4.73. The molecule has 0 saturated heterocycles. The minimum Gasteiger partial charge on any atom is -0.288 e. The molecule has 0 bridgehead atoms. The van der Waals surface area contributed by atoms with Gasteiger partial charge in [0, 0.05) is 0 Å². The van der Waals surface area contributed by atoms with Gasteiger partial charge in [-0.2, -0.15) is 5.26 Å². The molecule has 1 rings (SSSR count). The van der Waals surface area contributed by atoms with Crippen molar-refractivity contribution in [3.05, 3.63) is 0 Å². The van der Waals surface area contributed by atoms with Crippen molar-refractivity contribution >= 4 is 0 Å². The zero-order valence-electron chi connectivity index (χ0n) is 8.30. The lowest BCUT2D eigenvalue weighted by Gasteiger charge is -2.45. The van der Waals surface area contributed by atoms with E-state index in [1.165, 1.54) is 0 Å². The van der Waals surface area contributed by atoms with Gasteiger partial charge in [-0.15, -0.1) is 6.42 Å². The average Bonchev–Trinajstić information content (AvgIpc) is 2.03. The van der Waals surface area contributed by atoms with Gasteiger partial charge in [0.05, 0.1) is 12.6 Å². The van der Waals surface area contributed by atoms with Crippen LogP contribution in [-0.4, -0.2) is 12.1 Å². The Balaban J connectivity index is 2.43. The molecule has 0 amide bonds. The first-order valence-electron chi connectivity index (χ1n) is 4.73. The van der Waals surface area contributed by atoms with Gasteiger partial charge >= 0.3 is 0 Å². The van der Waals surface area contributed by atoms with Crippen LogP contribution in [-0.2, 0) is 0 Å². The molecule has 2 heteroatoms. The van der Waals surface area contributed by atoms with Gasteiger partial charge in [-0.25, -0.2) is 0 Å². The summed E-state index contributed by atoms with van der Waals surface area (Å²) in [4.78, 5) is 0. The molecule has 0 radical (unpaired) electrons. The first-order chi connectivity index (χ1) is 6.13. The summed E-state index contributed by atoms with van der Waals surface area (Å²) < 4.78 is 0. The molecule has 0 aliphatic heterocycles. The van der Waals surface area contributed by atoms with Crippen LogP contribution in [0.3, 0.4) is 0 Å². The lowest BCUT2D eigenvalue weighted by Crippen LogP contribution is -2.55. The SMILES string of the molecule is C#CCNC1(C#N)CC(C(C)C)C1. The highest BCUT2D eigenvalue weighted by atomic mass is 15.0. The van der Waals surface area contributed by atoms with Crippen molar-refractivity contribution in [2.45, 2.75) is 32.2 Å². The van der Waals surface area contributed by atoms with Crippen LogP contribution in [0.5, 0.6) is 0 Å². The van der Waals surface area contributed by atoms with E-state index < -0.39 is 0 Å². The minimum atomic E-state index is -0.318. The fourth-order valence-electron chi connectivity index (χ4n) is 1.80. The molecule has 0 aromatic rings. The normalized spacial score (nSPS) is 31.9. The Bertz CT molecular complexity index is 248. The molecule has 70 valence electrons. The fourth-order valence-corrected chi connectivity index (χ4v) is 1.80. The van der Waals surface area contributed by atoms with Crippen LogP contribution in [0.25, 0.3) is 0 Å². The predicted molar refractivity (Wildman–Crippen MR) is 52.7 cm³/mol. The lowest BCUT2D eigenvalue weighted by atomic mass is 9.65. The Morgan fingerprint density at radius 1 is 1.62 bits per heavy atom. The molecule has 1 aliphatic rings. The molecule has 0 unspecified atom stereocenters. The molecule has 2 nitrogen and oxygen atoms in total. The molecule has 13 heavy (non-hydrogen) atoms. The van der Waals surface area contributed by atoms with Crippen molar-refractivity contribution in [2.24, 2.45) is 11.8 Å². The number of nitriles is 1. The quantitative estimate of drug-likeness (QED) is 0.662. The van der Waals surface area contributed by atoms with Gasteiger partial charge in [-0.05, 0) is 24.7 Å². The maximum Gasteiger partial charge on any atom is 0.108 e. The number of hydrogen-bond donors (Lipinski definition) is 1. The molecule has 0 spiro atoms. The Labute approximate surface area is 80.3 Å². The summed E-state index contributed by atoms with van der Waals surface area (Å²) in [6.45, 7) is 4.90. The van der Waals surface area contributed by atoms with Gasteiger partial charge in [0.2, 0.25) is 0 Å². The molecule has 1 aliphatic carbocycles. The smallest absolute Gasteiger partial charge is 0.108 e. The van der Waals surface area contributed by atoms with Gasteiger partial charge in [-0.1, -0.05) is 19.8 Å². The highest BCUT2D eigenvalue weighted by Crippen LogP contribution is 2.41. The Morgan fingerprint density at radius 2 is 2.23 bits per heavy atom. The highest BCUT2D eigenvalue weighted by molar-refractivity contribution is 5.17. The molecule has 0 aromatic heterocycles. The third-order valence-electron chi connectivity index (χ3n) is 2.91. The Kier molecular flexibility index (Phi) is 2.96. The van der Waals surface area contributed by atoms with Crippen LogP contribution in [0.15, 0.2) is 0 Å². The lowest BCUT2D eigenvalue weighted by molar-refractivity contribution is 0.120. The summed E-state index contributed by atoms with van der Waals surface area (Å²) in [5, 5.41) is 12.1. The Morgan fingerprint density at radius 3 is 2.62 bits per heavy atom. The summed E-state index contributed by atoms with van der Waals surface area (Å²) >= 11 is 0. The minimum absolute atomic E-state index is 0.318. The highest BCUT2D eigenvalue weighted by Gasteiger charge is 2.45. The van der Waals surface area contributed by atoms with Gasteiger partial charge < -0.3 is 0 Å². The first kappa shape index (κ1) is 10.1. The number of rotatable bonds is 3. The van der Waals surface area contributed by atoms with Gasteiger partial charge in [0.25, 0.3) is 0 Å². The van der Waals surface area contributed by atoms with Gasteiger partial charge in [-0.3, -0.25) is 5.32 Å². The van der Waals surface area contributed by atoms with Crippen LogP contribution in [0, 0.1) is 35.5 Å².